The zero-order valence-corrected chi connectivity index (χ0v) is 36.7. The average molecular weight is 842 g/mol. The normalized spacial score (nSPS) is 12.6. The zero-order chi connectivity index (χ0) is 45.1. The van der Waals surface area contributed by atoms with Crippen molar-refractivity contribution in [1.82, 2.24) is 5.32 Å². The molecule has 0 saturated heterocycles. The second kappa shape index (κ2) is 27.7. The van der Waals surface area contributed by atoms with E-state index in [1.165, 1.54) is 43.3 Å². The Balaban J connectivity index is 2.04. The number of carbonyl (C=O) groups excluding carboxylic acids is 6. The number of hydrogen-bond acceptors (Lipinski definition) is 11. The van der Waals surface area contributed by atoms with E-state index in [4.69, 9.17) is 23.7 Å². The van der Waals surface area contributed by atoms with Gasteiger partial charge >= 0.3 is 29.8 Å². The number of nitrogens with one attached hydrogen (secondary N) is 1. The second-order valence-electron chi connectivity index (χ2n) is 15.6. The van der Waals surface area contributed by atoms with Crippen molar-refractivity contribution in [2.24, 2.45) is 5.41 Å². The number of carbonyl (C=O) groups is 6. The number of esters is 5. The Morgan fingerprint density at radius 3 is 1.69 bits per heavy atom. The quantitative estimate of drug-likeness (QED) is 0.0333. The fraction of sp³-hybridized carbons (Fsp3) is 0.429. The van der Waals surface area contributed by atoms with Crippen LogP contribution in [0.25, 0.3) is 0 Å². The number of rotatable bonds is 25. The van der Waals surface area contributed by atoms with Gasteiger partial charge in [-0.2, -0.15) is 0 Å². The summed E-state index contributed by atoms with van der Waals surface area (Å²) in [5, 5.41) is 2.62. The molecular formula is C49H63NO11. The number of allylic oxidation sites excluding steroid dienone is 10. The Labute approximate surface area is 361 Å². The first-order chi connectivity index (χ1) is 29.0. The standard InChI is InChI=1S/C49H63NO11/c1-8-9-10-11-12-13-14-15-16-17-18-19-20-21-22-23-24-33-42(52)57-36-49(6,7)44(45(54)50-35-34-43(53)61-48(3,4)5)60-47(56)39-30-26-28-32-41(39)59-46(55)38-29-25-27-31-40(38)58-37(2)51/h9-10,12-13,15-16,18-19,21-22,25-32,44H,8,11,14,17,20,23-24,33-36H2,1-7H3,(H,50,54)/t44-/m0/s1. The molecule has 0 aliphatic heterocycles. The van der Waals surface area contributed by atoms with Crippen LogP contribution in [0.15, 0.2) is 109 Å². The van der Waals surface area contributed by atoms with Gasteiger partial charge in [0.1, 0.15) is 34.8 Å². The molecule has 1 N–H and O–H groups in total. The van der Waals surface area contributed by atoms with E-state index in [9.17, 15) is 28.8 Å². The van der Waals surface area contributed by atoms with Crippen molar-refractivity contribution in [2.45, 2.75) is 118 Å². The summed E-state index contributed by atoms with van der Waals surface area (Å²) in [4.78, 5) is 77.3. The molecule has 0 fully saturated rings. The smallest absolute Gasteiger partial charge is 0.347 e. The molecule has 0 saturated carbocycles. The highest BCUT2D eigenvalue weighted by Crippen LogP contribution is 2.29. The molecule has 0 aliphatic rings. The summed E-state index contributed by atoms with van der Waals surface area (Å²) in [5.41, 5.74) is -2.24. The molecule has 0 unspecified atom stereocenters. The lowest BCUT2D eigenvalue weighted by Crippen LogP contribution is -2.49. The van der Waals surface area contributed by atoms with Crippen LogP contribution in [0.4, 0.5) is 0 Å². The van der Waals surface area contributed by atoms with Gasteiger partial charge in [0.15, 0.2) is 6.10 Å². The fourth-order valence-corrected chi connectivity index (χ4v) is 5.42. The van der Waals surface area contributed by atoms with Gasteiger partial charge in [0.05, 0.1) is 6.42 Å². The van der Waals surface area contributed by atoms with Crippen molar-refractivity contribution in [3.8, 4) is 11.5 Å². The summed E-state index contributed by atoms with van der Waals surface area (Å²) >= 11 is 0. The van der Waals surface area contributed by atoms with Crippen LogP contribution in [0.2, 0.25) is 0 Å². The van der Waals surface area contributed by atoms with Gasteiger partial charge in [-0.15, -0.1) is 0 Å². The predicted octanol–water partition coefficient (Wildman–Crippen LogP) is 9.70. The third-order valence-electron chi connectivity index (χ3n) is 8.41. The Kier molecular flexibility index (Phi) is 23.2. The molecule has 0 bridgehead atoms. The van der Waals surface area contributed by atoms with Gasteiger partial charge in [0, 0.05) is 25.3 Å². The maximum atomic E-state index is 13.8. The molecule has 0 aliphatic carbocycles. The summed E-state index contributed by atoms with van der Waals surface area (Å²) < 4.78 is 27.4. The summed E-state index contributed by atoms with van der Waals surface area (Å²) in [6.45, 7) is 11.3. The number of unbranched alkanes of at least 4 members (excludes halogenated alkanes) is 1. The topological polar surface area (TPSA) is 161 Å². The van der Waals surface area contributed by atoms with E-state index in [0.29, 0.717) is 12.8 Å². The van der Waals surface area contributed by atoms with Crippen LogP contribution in [0.1, 0.15) is 127 Å². The minimum Gasteiger partial charge on any atom is -0.465 e. The summed E-state index contributed by atoms with van der Waals surface area (Å²) in [7, 11) is 0. The first-order valence-corrected chi connectivity index (χ1v) is 20.7. The van der Waals surface area contributed by atoms with Gasteiger partial charge in [0.2, 0.25) is 0 Å². The molecule has 0 spiro atoms. The molecule has 330 valence electrons. The van der Waals surface area contributed by atoms with Gasteiger partial charge < -0.3 is 29.0 Å². The lowest BCUT2D eigenvalue weighted by atomic mass is 9.86. The van der Waals surface area contributed by atoms with E-state index >= 15 is 0 Å². The van der Waals surface area contributed by atoms with Crippen molar-refractivity contribution in [3.05, 3.63) is 120 Å². The summed E-state index contributed by atoms with van der Waals surface area (Å²) in [6.07, 6.45) is 25.5. The van der Waals surface area contributed by atoms with Gasteiger partial charge in [-0.05, 0) is 90.0 Å². The third-order valence-corrected chi connectivity index (χ3v) is 8.41. The van der Waals surface area contributed by atoms with Crippen molar-refractivity contribution in [3.63, 3.8) is 0 Å². The molecule has 1 amide bonds. The maximum Gasteiger partial charge on any atom is 0.347 e. The van der Waals surface area contributed by atoms with E-state index in [1.54, 1.807) is 46.8 Å². The lowest BCUT2D eigenvalue weighted by molar-refractivity contribution is -0.156. The van der Waals surface area contributed by atoms with Gasteiger partial charge in [-0.1, -0.05) is 106 Å². The molecule has 2 aromatic carbocycles. The van der Waals surface area contributed by atoms with E-state index in [1.807, 2.05) is 12.2 Å². The number of benzene rings is 2. The molecule has 1 atom stereocenters. The highest BCUT2D eigenvalue weighted by Gasteiger charge is 2.40. The number of ether oxygens (including phenoxy) is 5. The molecule has 2 aromatic rings. The number of amides is 1. The second-order valence-corrected chi connectivity index (χ2v) is 15.6. The van der Waals surface area contributed by atoms with E-state index in [2.05, 4.69) is 60.8 Å². The van der Waals surface area contributed by atoms with Crippen LogP contribution in [0.5, 0.6) is 11.5 Å². The molecule has 0 heterocycles. The number of para-hydroxylation sites is 2. The van der Waals surface area contributed by atoms with E-state index in [0.717, 1.165) is 32.1 Å². The Morgan fingerprint density at radius 1 is 0.639 bits per heavy atom. The van der Waals surface area contributed by atoms with Crippen LogP contribution >= 0.6 is 0 Å². The van der Waals surface area contributed by atoms with Crippen LogP contribution in [0, 0.1) is 5.41 Å². The van der Waals surface area contributed by atoms with Crippen LogP contribution in [-0.4, -0.2) is 60.6 Å². The van der Waals surface area contributed by atoms with E-state index in [-0.39, 0.29) is 48.6 Å². The van der Waals surface area contributed by atoms with Crippen LogP contribution in [0.3, 0.4) is 0 Å². The fourth-order valence-electron chi connectivity index (χ4n) is 5.42. The molecule has 12 nitrogen and oxygen atoms in total. The molecule has 61 heavy (non-hydrogen) atoms. The van der Waals surface area contributed by atoms with Crippen molar-refractivity contribution < 1.29 is 52.5 Å². The first kappa shape index (κ1) is 51.1. The van der Waals surface area contributed by atoms with Crippen molar-refractivity contribution in [1.29, 1.82) is 0 Å². The molecule has 0 aromatic heterocycles. The average Bonchev–Trinajstić information content (AvgIpc) is 3.19. The van der Waals surface area contributed by atoms with Gasteiger partial charge in [-0.3, -0.25) is 19.2 Å². The largest absolute Gasteiger partial charge is 0.465 e. The van der Waals surface area contributed by atoms with E-state index < -0.39 is 52.9 Å². The maximum absolute atomic E-state index is 13.8. The highest BCUT2D eigenvalue weighted by atomic mass is 16.6. The Hall–Kier alpha value is -6.04. The summed E-state index contributed by atoms with van der Waals surface area (Å²) in [6, 6.07) is 11.7. The summed E-state index contributed by atoms with van der Waals surface area (Å²) in [5.74, 6) is -4.56. The molecule has 12 heteroatoms. The number of hydrogen-bond donors (Lipinski definition) is 1. The first-order valence-electron chi connectivity index (χ1n) is 20.7. The highest BCUT2D eigenvalue weighted by molar-refractivity contribution is 5.99. The predicted molar refractivity (Wildman–Crippen MR) is 235 cm³/mol. The zero-order valence-electron chi connectivity index (χ0n) is 36.7. The van der Waals surface area contributed by atoms with Gasteiger partial charge in [-0.25, -0.2) is 9.59 Å². The molecule has 2 rings (SSSR count). The minimum absolute atomic E-state index is 0.0337. The third kappa shape index (κ3) is 21.7. The molecule has 0 radical (unpaired) electrons. The van der Waals surface area contributed by atoms with Crippen molar-refractivity contribution in [2.75, 3.05) is 13.2 Å². The lowest BCUT2D eigenvalue weighted by Gasteiger charge is -2.32. The molecular weight excluding hydrogens is 779 g/mol. The Morgan fingerprint density at radius 2 is 1.15 bits per heavy atom. The van der Waals surface area contributed by atoms with Crippen molar-refractivity contribution >= 4 is 35.8 Å². The minimum atomic E-state index is -1.53. The van der Waals surface area contributed by atoms with Crippen LogP contribution < -0.4 is 14.8 Å². The Bertz CT molecular complexity index is 1900. The van der Waals surface area contributed by atoms with Crippen LogP contribution in [-0.2, 0) is 33.4 Å². The van der Waals surface area contributed by atoms with Gasteiger partial charge in [0.25, 0.3) is 5.91 Å². The SMILES string of the molecule is CCC=CCC=CCC=CCC=CCC=CCCCC(=O)OCC(C)(C)[C@@H](OC(=O)c1ccccc1OC(=O)c1ccccc1OC(C)=O)C(=O)NCCC(=O)OC(C)(C)C. The monoisotopic (exact) mass is 841 g/mol.